The summed E-state index contributed by atoms with van der Waals surface area (Å²) in [6.07, 6.45) is -3.23. The van der Waals surface area contributed by atoms with Crippen LogP contribution in [0, 0.1) is 0 Å². The van der Waals surface area contributed by atoms with Gasteiger partial charge in [0.05, 0.1) is 30.5 Å². The summed E-state index contributed by atoms with van der Waals surface area (Å²) in [4.78, 5) is 30.3. The summed E-state index contributed by atoms with van der Waals surface area (Å²) in [7, 11) is 1.31. The van der Waals surface area contributed by atoms with Gasteiger partial charge < -0.3 is 13.9 Å². The number of amides is 2. The number of carbonyl (C=O) groups is 2. The van der Waals surface area contributed by atoms with Crippen LogP contribution in [-0.4, -0.2) is 41.6 Å². The summed E-state index contributed by atoms with van der Waals surface area (Å²) in [6.45, 7) is -1.59. The van der Waals surface area contributed by atoms with E-state index < -0.39 is 24.6 Å². The molecule has 10 heteroatoms. The SMILES string of the molecule is COc1ccc(-c2nc(CN3C(=O)c4ccccc4C3=O)co2)cc1OCC(F)(F)F. The fourth-order valence-electron chi connectivity index (χ4n) is 3.14. The van der Waals surface area contributed by atoms with E-state index in [1.165, 1.54) is 31.6 Å². The maximum absolute atomic E-state index is 12.5. The number of oxazole rings is 1. The van der Waals surface area contributed by atoms with Gasteiger partial charge >= 0.3 is 6.18 Å². The topological polar surface area (TPSA) is 81.9 Å². The van der Waals surface area contributed by atoms with E-state index in [0.717, 1.165) is 4.90 Å². The molecule has 0 atom stereocenters. The number of ether oxygens (including phenoxy) is 2. The average molecular weight is 432 g/mol. The normalized spacial score (nSPS) is 13.5. The predicted octanol–water partition coefficient (Wildman–Crippen LogP) is 4.09. The van der Waals surface area contributed by atoms with Crippen LogP contribution in [0.2, 0.25) is 0 Å². The first-order valence-corrected chi connectivity index (χ1v) is 9.04. The predicted molar refractivity (Wildman–Crippen MR) is 101 cm³/mol. The Kier molecular flexibility index (Phi) is 5.14. The minimum Gasteiger partial charge on any atom is -0.493 e. The summed E-state index contributed by atoms with van der Waals surface area (Å²) in [5, 5.41) is 0. The molecule has 0 N–H and O–H groups in total. The number of nitrogens with zero attached hydrogens (tertiary/aromatic N) is 2. The van der Waals surface area contributed by atoms with E-state index in [-0.39, 0.29) is 23.9 Å². The summed E-state index contributed by atoms with van der Waals surface area (Å²) in [5.41, 5.74) is 1.28. The molecule has 0 unspecified atom stereocenters. The summed E-state index contributed by atoms with van der Waals surface area (Å²) in [6, 6.07) is 10.8. The highest BCUT2D eigenvalue weighted by Crippen LogP contribution is 2.34. The standard InChI is InChI=1S/C21H15F3N2O5/c1-29-16-7-6-12(8-17(16)31-11-21(22,23)24)18-25-13(10-30-18)9-26-19(27)14-4-2-3-5-15(14)20(26)28/h2-8,10H,9,11H2,1H3. The second kappa shape index (κ2) is 7.78. The van der Waals surface area contributed by atoms with E-state index in [2.05, 4.69) is 4.98 Å². The number of alkyl halides is 3. The molecule has 1 aliphatic heterocycles. The first kappa shape index (κ1) is 20.5. The first-order chi connectivity index (χ1) is 14.8. The molecule has 1 aromatic heterocycles. The Bertz CT molecular complexity index is 1120. The van der Waals surface area contributed by atoms with Crippen LogP contribution in [0.4, 0.5) is 13.2 Å². The molecule has 2 aromatic carbocycles. The third kappa shape index (κ3) is 4.09. The highest BCUT2D eigenvalue weighted by Gasteiger charge is 2.35. The molecule has 0 saturated carbocycles. The van der Waals surface area contributed by atoms with Gasteiger partial charge in [-0.1, -0.05) is 12.1 Å². The van der Waals surface area contributed by atoms with Gasteiger partial charge in [-0.2, -0.15) is 13.2 Å². The van der Waals surface area contributed by atoms with Crippen molar-refractivity contribution >= 4 is 11.8 Å². The lowest BCUT2D eigenvalue weighted by molar-refractivity contribution is -0.153. The largest absolute Gasteiger partial charge is 0.493 e. The maximum Gasteiger partial charge on any atom is 0.422 e. The van der Waals surface area contributed by atoms with Crippen molar-refractivity contribution in [3.63, 3.8) is 0 Å². The Balaban J connectivity index is 1.54. The Hall–Kier alpha value is -3.82. The number of hydrogen-bond donors (Lipinski definition) is 0. The lowest BCUT2D eigenvalue weighted by Crippen LogP contribution is -2.29. The van der Waals surface area contributed by atoms with Crippen LogP contribution in [0.3, 0.4) is 0 Å². The van der Waals surface area contributed by atoms with Crippen molar-refractivity contribution in [1.82, 2.24) is 9.88 Å². The number of benzene rings is 2. The van der Waals surface area contributed by atoms with Crippen LogP contribution in [0.15, 0.2) is 53.1 Å². The van der Waals surface area contributed by atoms with Crippen LogP contribution < -0.4 is 9.47 Å². The molecule has 2 amide bonds. The first-order valence-electron chi connectivity index (χ1n) is 9.04. The van der Waals surface area contributed by atoms with Gasteiger partial charge in [-0.3, -0.25) is 14.5 Å². The molecular formula is C21H15F3N2O5. The molecule has 0 aliphatic carbocycles. The molecule has 7 nitrogen and oxygen atoms in total. The van der Waals surface area contributed by atoms with E-state index in [1.807, 2.05) is 0 Å². The molecule has 0 fully saturated rings. The smallest absolute Gasteiger partial charge is 0.422 e. The second-order valence-corrected chi connectivity index (χ2v) is 6.66. The fourth-order valence-corrected chi connectivity index (χ4v) is 3.14. The van der Waals surface area contributed by atoms with E-state index >= 15 is 0 Å². The summed E-state index contributed by atoms with van der Waals surface area (Å²) < 4.78 is 52.8. The van der Waals surface area contributed by atoms with Gasteiger partial charge in [0.1, 0.15) is 6.26 Å². The van der Waals surface area contributed by atoms with Gasteiger partial charge in [0.2, 0.25) is 5.89 Å². The van der Waals surface area contributed by atoms with Gasteiger partial charge in [0, 0.05) is 5.56 Å². The average Bonchev–Trinajstić information content (AvgIpc) is 3.31. The lowest BCUT2D eigenvalue weighted by Gasteiger charge is -2.13. The van der Waals surface area contributed by atoms with E-state index in [1.54, 1.807) is 24.3 Å². The van der Waals surface area contributed by atoms with E-state index in [4.69, 9.17) is 13.9 Å². The van der Waals surface area contributed by atoms with Crippen molar-refractivity contribution in [2.75, 3.05) is 13.7 Å². The van der Waals surface area contributed by atoms with Crippen molar-refractivity contribution in [3.05, 3.63) is 65.5 Å². The number of halogens is 3. The Labute approximate surface area is 174 Å². The van der Waals surface area contributed by atoms with E-state index in [9.17, 15) is 22.8 Å². The van der Waals surface area contributed by atoms with Gasteiger partial charge in [-0.05, 0) is 30.3 Å². The Morgan fingerprint density at radius 3 is 2.32 bits per heavy atom. The van der Waals surface area contributed by atoms with Gasteiger partial charge in [0.25, 0.3) is 11.8 Å². The lowest BCUT2D eigenvalue weighted by atomic mass is 10.1. The molecule has 4 rings (SSSR count). The van der Waals surface area contributed by atoms with Gasteiger partial charge in [0.15, 0.2) is 18.1 Å². The van der Waals surface area contributed by atoms with Crippen LogP contribution in [0.1, 0.15) is 26.4 Å². The van der Waals surface area contributed by atoms with E-state index in [0.29, 0.717) is 22.4 Å². The molecule has 0 bridgehead atoms. The summed E-state index contributed by atoms with van der Waals surface area (Å²) >= 11 is 0. The van der Waals surface area contributed by atoms with Crippen LogP contribution in [0.5, 0.6) is 11.5 Å². The van der Waals surface area contributed by atoms with Crippen molar-refractivity contribution in [1.29, 1.82) is 0 Å². The quantitative estimate of drug-likeness (QED) is 0.546. The van der Waals surface area contributed by atoms with Gasteiger partial charge in [-0.25, -0.2) is 4.98 Å². The number of aromatic nitrogens is 1. The number of carbonyl (C=O) groups excluding carboxylic acids is 2. The van der Waals surface area contributed by atoms with Crippen LogP contribution in [0.25, 0.3) is 11.5 Å². The number of rotatable bonds is 6. The van der Waals surface area contributed by atoms with Crippen molar-refractivity contribution < 1.29 is 36.7 Å². The minimum atomic E-state index is -4.51. The highest BCUT2D eigenvalue weighted by atomic mass is 19.4. The molecule has 31 heavy (non-hydrogen) atoms. The number of fused-ring (bicyclic) bond motifs is 1. The zero-order chi connectivity index (χ0) is 22.2. The minimum absolute atomic E-state index is 0.0890. The summed E-state index contributed by atoms with van der Waals surface area (Å²) in [5.74, 6) is -0.788. The fraction of sp³-hybridized carbons (Fsp3) is 0.190. The number of methoxy groups -OCH3 is 1. The zero-order valence-corrected chi connectivity index (χ0v) is 16.1. The molecule has 0 spiro atoms. The zero-order valence-electron chi connectivity index (χ0n) is 16.1. The molecule has 3 aromatic rings. The van der Waals surface area contributed by atoms with Crippen molar-refractivity contribution in [2.24, 2.45) is 0 Å². The van der Waals surface area contributed by atoms with Gasteiger partial charge in [-0.15, -0.1) is 0 Å². The number of imide groups is 1. The molecule has 2 heterocycles. The van der Waals surface area contributed by atoms with Crippen molar-refractivity contribution in [3.8, 4) is 23.0 Å². The maximum atomic E-state index is 12.5. The third-order valence-corrected chi connectivity index (χ3v) is 4.55. The number of hydrogen-bond acceptors (Lipinski definition) is 6. The van der Waals surface area contributed by atoms with Crippen LogP contribution in [-0.2, 0) is 6.54 Å². The molecule has 0 saturated heterocycles. The van der Waals surface area contributed by atoms with Crippen molar-refractivity contribution in [2.45, 2.75) is 12.7 Å². The third-order valence-electron chi connectivity index (χ3n) is 4.55. The second-order valence-electron chi connectivity index (χ2n) is 6.66. The van der Waals surface area contributed by atoms with Crippen LogP contribution >= 0.6 is 0 Å². The molecule has 0 radical (unpaired) electrons. The monoisotopic (exact) mass is 432 g/mol. The Morgan fingerprint density at radius 2 is 1.71 bits per heavy atom. The molecule has 160 valence electrons. The molecular weight excluding hydrogens is 417 g/mol. The Morgan fingerprint density at radius 1 is 1.03 bits per heavy atom. The molecule has 1 aliphatic rings. The highest BCUT2D eigenvalue weighted by molar-refractivity contribution is 6.21.